The molecule has 2 unspecified atom stereocenters. The number of hydrogen-bond acceptors (Lipinski definition) is 10. The van der Waals surface area contributed by atoms with Gasteiger partial charge in [-0.2, -0.15) is 5.10 Å². The number of aromatic hydroxyl groups is 1. The van der Waals surface area contributed by atoms with Gasteiger partial charge in [0.05, 0.1) is 47.1 Å². The number of nitrogens with one attached hydrogen (secondary N) is 1. The van der Waals surface area contributed by atoms with Crippen molar-refractivity contribution in [1.82, 2.24) is 0 Å². The highest BCUT2D eigenvalue weighted by atomic mass is 16.6. The first-order valence-corrected chi connectivity index (χ1v) is 24.2. The van der Waals surface area contributed by atoms with Gasteiger partial charge in [0.2, 0.25) is 0 Å². The smallest absolute Gasteiger partial charge is 0.338 e. The van der Waals surface area contributed by atoms with E-state index in [9.17, 15) is 14.7 Å². The number of nitrogens with zero attached hydrogens (tertiary/aromatic N) is 2. The summed E-state index contributed by atoms with van der Waals surface area (Å²) in [7, 11) is 0. The van der Waals surface area contributed by atoms with Crippen LogP contribution in [0, 0.1) is 5.92 Å². The Hall–Kier alpha value is -6.52. The Morgan fingerprint density at radius 3 is 1.87 bits per heavy atom. The molecule has 0 saturated heterocycles. The lowest BCUT2D eigenvalue weighted by Gasteiger charge is -2.42. The van der Waals surface area contributed by atoms with Crippen LogP contribution in [0.4, 0.5) is 11.4 Å². The van der Waals surface area contributed by atoms with Crippen molar-refractivity contribution in [3.8, 4) is 22.6 Å². The quantitative estimate of drug-likeness (QED) is 0.0432. The number of carbonyl (C=O) groups excluding carboxylic acids is 2. The molecule has 10 nitrogen and oxygen atoms in total. The zero-order valence-electron chi connectivity index (χ0n) is 41.9. The summed E-state index contributed by atoms with van der Waals surface area (Å²) in [6.07, 6.45) is 6.11. The van der Waals surface area contributed by atoms with Crippen molar-refractivity contribution < 1.29 is 33.6 Å². The monoisotopic (exact) mass is 927 g/mol. The summed E-state index contributed by atoms with van der Waals surface area (Å²) in [5.74, 6) is 0.671. The van der Waals surface area contributed by atoms with Gasteiger partial charge in [0.25, 0.3) is 0 Å². The van der Waals surface area contributed by atoms with Crippen LogP contribution in [0.2, 0.25) is 0 Å². The zero-order chi connectivity index (χ0) is 49.2. The molecule has 5 aromatic rings. The summed E-state index contributed by atoms with van der Waals surface area (Å²) in [4.78, 5) is 32.9. The molecule has 1 heterocycles. The Morgan fingerprint density at radius 2 is 1.25 bits per heavy atom. The molecule has 5 aromatic carbocycles. The van der Waals surface area contributed by atoms with Crippen molar-refractivity contribution in [1.29, 1.82) is 0 Å². The summed E-state index contributed by atoms with van der Waals surface area (Å²) >= 11 is 0. The summed E-state index contributed by atoms with van der Waals surface area (Å²) in [6, 6.07) is 27.5. The maximum absolute atomic E-state index is 13.8. The first kappa shape index (κ1) is 47.5. The maximum atomic E-state index is 13.8. The number of hydrogen-bond donors (Lipinski definition) is 2. The predicted octanol–water partition coefficient (Wildman–Crippen LogP) is 13.0. The minimum atomic E-state index is -0.473. The largest absolute Gasteiger partial charge is 0.507 e. The molecule has 4 aliphatic rings. The van der Waals surface area contributed by atoms with Gasteiger partial charge in [0.15, 0.2) is 0 Å². The zero-order valence-corrected chi connectivity index (χ0v) is 41.9. The van der Waals surface area contributed by atoms with E-state index in [-0.39, 0.29) is 60.1 Å². The van der Waals surface area contributed by atoms with Crippen molar-refractivity contribution in [2.45, 2.75) is 117 Å². The summed E-state index contributed by atoms with van der Waals surface area (Å²) in [6.45, 7) is 23.6. The van der Waals surface area contributed by atoms with Crippen LogP contribution in [-0.2, 0) is 36.1 Å². The number of allylic oxidation sites excluding steroid dienone is 2. The highest BCUT2D eigenvalue weighted by Gasteiger charge is 2.43. The molecule has 10 heteroatoms. The van der Waals surface area contributed by atoms with E-state index < -0.39 is 11.9 Å². The molecule has 0 aromatic heterocycles. The Kier molecular flexibility index (Phi) is 12.2. The van der Waals surface area contributed by atoms with E-state index in [1.165, 1.54) is 5.56 Å². The van der Waals surface area contributed by atoms with Crippen molar-refractivity contribution in [2.24, 2.45) is 16.0 Å². The van der Waals surface area contributed by atoms with Crippen molar-refractivity contribution in [3.63, 3.8) is 0 Å². The minimum Gasteiger partial charge on any atom is -0.507 e. The number of benzene rings is 5. The van der Waals surface area contributed by atoms with Crippen LogP contribution in [0.3, 0.4) is 0 Å². The summed E-state index contributed by atoms with van der Waals surface area (Å²) in [5, 5.41) is 16.2. The topological polar surface area (TPSA) is 128 Å². The highest BCUT2D eigenvalue weighted by molar-refractivity contribution is 6.26. The van der Waals surface area contributed by atoms with Crippen LogP contribution in [0.15, 0.2) is 107 Å². The molecular formula is C59H65N3O7. The van der Waals surface area contributed by atoms with Gasteiger partial charge >= 0.3 is 11.9 Å². The van der Waals surface area contributed by atoms with E-state index in [1.807, 2.05) is 60.7 Å². The molecule has 69 heavy (non-hydrogen) atoms. The number of hydrazone groups is 1. The molecule has 2 N–H and O–H groups in total. The third-order valence-corrected chi connectivity index (χ3v) is 13.8. The van der Waals surface area contributed by atoms with Gasteiger partial charge in [-0.3, -0.25) is 10.4 Å². The van der Waals surface area contributed by atoms with Crippen LogP contribution in [0.25, 0.3) is 11.1 Å². The predicted molar refractivity (Wildman–Crippen MR) is 274 cm³/mol. The third-order valence-electron chi connectivity index (χ3n) is 13.8. The number of esters is 2. The average Bonchev–Trinajstić information content (AvgIpc) is 3.79. The molecule has 0 saturated carbocycles. The lowest BCUT2D eigenvalue weighted by molar-refractivity contribution is 0.0150. The molecule has 0 fully saturated rings. The van der Waals surface area contributed by atoms with E-state index in [0.29, 0.717) is 22.6 Å². The van der Waals surface area contributed by atoms with E-state index in [4.69, 9.17) is 29.0 Å². The second-order valence-electron chi connectivity index (χ2n) is 22.3. The molecule has 0 radical (unpaired) electrons. The van der Waals surface area contributed by atoms with Gasteiger partial charge in [0, 0.05) is 50.4 Å². The fourth-order valence-electron chi connectivity index (χ4n) is 10.3. The summed E-state index contributed by atoms with van der Waals surface area (Å²) < 4.78 is 23.6. The Balaban J connectivity index is 0.841. The van der Waals surface area contributed by atoms with Crippen LogP contribution >= 0.6 is 0 Å². The molecule has 2 atom stereocenters. The SMILES string of the molecule is CC(C)(C)c1cc(N/N=C2\c3ccccc3-c3c(C(=O)OCCOCCOC(=O)c4cccc5c4C4CC=CCC4C5=Nc4cc(C(C)(C)C)c5c(c4)C(C)(C)O5)cccc32)cc(C(C)(C)C)c1O. The van der Waals surface area contributed by atoms with Crippen molar-refractivity contribution in [3.05, 3.63) is 153 Å². The van der Waals surface area contributed by atoms with Gasteiger partial charge < -0.3 is 24.1 Å². The number of phenols is 1. The molecule has 0 spiro atoms. The lowest BCUT2D eigenvalue weighted by Crippen LogP contribution is -2.37. The number of ether oxygens (including phenoxy) is 4. The molecule has 358 valence electrons. The van der Waals surface area contributed by atoms with Crippen LogP contribution < -0.4 is 10.2 Å². The van der Waals surface area contributed by atoms with Crippen molar-refractivity contribution in [2.75, 3.05) is 31.9 Å². The molecule has 1 aliphatic heterocycles. The first-order chi connectivity index (χ1) is 32.6. The summed E-state index contributed by atoms with van der Waals surface area (Å²) in [5.41, 5.74) is 15.9. The number of fused-ring (bicyclic) bond motifs is 7. The van der Waals surface area contributed by atoms with E-state index in [0.717, 1.165) is 85.7 Å². The Morgan fingerprint density at radius 1 is 0.681 bits per heavy atom. The fraction of sp³-hybridized carbons (Fsp3) is 0.390. The van der Waals surface area contributed by atoms with Crippen LogP contribution in [0.5, 0.6) is 11.5 Å². The Bertz CT molecular complexity index is 2940. The average molecular weight is 928 g/mol. The van der Waals surface area contributed by atoms with Gasteiger partial charge in [-0.25, -0.2) is 9.59 Å². The Labute approximate surface area is 406 Å². The molecular weight excluding hydrogens is 863 g/mol. The molecule has 9 rings (SSSR count). The standard InChI is InChI=1S/C59H65N3O7/c1-56(2,3)44-32-35(33-45(52(44)63)57(4,5)6)61-62-51-39-21-15-13-19-37(39)49-41(51)23-17-25-43(49)55(65)68-29-27-66-26-28-67-54(64)42-24-16-22-40-48(42)36-18-12-14-20-38(36)50(40)60-34-30-46(58(7,8)9)53-47(31-34)59(10,11)69-53/h12-17,19,21-25,30-33,36,38,61,63H,18,20,26-29H2,1-11H3/b60-50?,62-51+. The minimum absolute atomic E-state index is 0.0184. The fourth-order valence-corrected chi connectivity index (χ4v) is 10.3. The number of rotatable bonds is 11. The van der Waals surface area contributed by atoms with Crippen LogP contribution in [0.1, 0.15) is 160 Å². The molecule has 0 bridgehead atoms. The van der Waals surface area contributed by atoms with Gasteiger partial charge in [-0.1, -0.05) is 123 Å². The molecule has 3 aliphatic carbocycles. The first-order valence-electron chi connectivity index (χ1n) is 24.2. The lowest BCUT2D eigenvalue weighted by atomic mass is 9.79. The molecule has 0 amide bonds. The number of carbonyl (C=O) groups is 2. The van der Waals surface area contributed by atoms with Crippen molar-refractivity contribution >= 4 is 34.7 Å². The number of anilines is 1. The number of phenolic OH excluding ortho intramolecular Hbond substituents is 1. The number of aliphatic imine (C=N–C) groups is 1. The van der Waals surface area contributed by atoms with Gasteiger partial charge in [-0.15, -0.1) is 0 Å². The van der Waals surface area contributed by atoms with E-state index >= 15 is 0 Å². The van der Waals surface area contributed by atoms with Gasteiger partial charge in [-0.05, 0) is 96.4 Å². The van der Waals surface area contributed by atoms with Gasteiger partial charge in [0.1, 0.15) is 30.3 Å². The maximum Gasteiger partial charge on any atom is 0.338 e. The second-order valence-corrected chi connectivity index (χ2v) is 22.3. The van der Waals surface area contributed by atoms with E-state index in [1.54, 1.807) is 6.07 Å². The second kappa shape index (κ2) is 17.8. The van der Waals surface area contributed by atoms with E-state index in [2.05, 4.69) is 112 Å². The van der Waals surface area contributed by atoms with Crippen LogP contribution in [-0.4, -0.2) is 54.9 Å². The third kappa shape index (κ3) is 9.00. The highest BCUT2D eigenvalue weighted by Crippen LogP contribution is 2.53. The normalized spacial score (nSPS) is 18.7.